The summed E-state index contributed by atoms with van der Waals surface area (Å²) in [5.41, 5.74) is -0.882. The van der Waals surface area contributed by atoms with E-state index in [-0.39, 0.29) is 23.6 Å². The minimum Gasteiger partial charge on any atom is -0.491 e. The van der Waals surface area contributed by atoms with Crippen molar-refractivity contribution in [1.29, 1.82) is 0 Å². The standard InChI is InChI=1S/C14H19NO7/c1-8(16)9-6-15(7-10(19-2)20-3)11(14(18)22-5)13(21-4)12(9)17/h6,10H,7H2,1-5H3. The van der Waals surface area contributed by atoms with Gasteiger partial charge in [-0.1, -0.05) is 0 Å². The highest BCUT2D eigenvalue weighted by atomic mass is 16.7. The van der Waals surface area contributed by atoms with E-state index in [9.17, 15) is 14.4 Å². The van der Waals surface area contributed by atoms with E-state index in [0.717, 1.165) is 0 Å². The Bertz CT molecular complexity index is 616. The molecule has 0 aliphatic heterocycles. The summed E-state index contributed by atoms with van der Waals surface area (Å²) in [6.45, 7) is 1.32. The number of ether oxygens (including phenoxy) is 4. The highest BCUT2D eigenvalue weighted by Crippen LogP contribution is 2.17. The average molecular weight is 313 g/mol. The predicted molar refractivity (Wildman–Crippen MR) is 76.4 cm³/mol. The van der Waals surface area contributed by atoms with Crippen LogP contribution in [0.1, 0.15) is 27.8 Å². The fourth-order valence-corrected chi connectivity index (χ4v) is 1.94. The number of rotatable bonds is 7. The van der Waals surface area contributed by atoms with Gasteiger partial charge >= 0.3 is 5.97 Å². The van der Waals surface area contributed by atoms with Gasteiger partial charge in [0.1, 0.15) is 0 Å². The molecule has 0 bridgehead atoms. The lowest BCUT2D eigenvalue weighted by atomic mass is 10.1. The molecule has 0 fully saturated rings. The fraction of sp³-hybridized carbons (Fsp3) is 0.500. The predicted octanol–water partition coefficient (Wildman–Crippen LogP) is 0.465. The highest BCUT2D eigenvalue weighted by Gasteiger charge is 2.25. The Morgan fingerprint density at radius 2 is 1.77 bits per heavy atom. The van der Waals surface area contributed by atoms with Crippen molar-refractivity contribution in [2.45, 2.75) is 19.8 Å². The molecule has 0 saturated carbocycles. The molecule has 22 heavy (non-hydrogen) atoms. The Morgan fingerprint density at radius 1 is 1.18 bits per heavy atom. The van der Waals surface area contributed by atoms with E-state index in [2.05, 4.69) is 4.74 Å². The Hall–Kier alpha value is -2.19. The zero-order chi connectivity index (χ0) is 16.9. The molecule has 0 radical (unpaired) electrons. The van der Waals surface area contributed by atoms with Crippen molar-refractivity contribution in [3.8, 4) is 5.75 Å². The summed E-state index contributed by atoms with van der Waals surface area (Å²) in [5.74, 6) is -1.47. The fourth-order valence-electron chi connectivity index (χ4n) is 1.94. The van der Waals surface area contributed by atoms with Crippen LogP contribution in [-0.2, 0) is 20.8 Å². The zero-order valence-corrected chi connectivity index (χ0v) is 13.2. The van der Waals surface area contributed by atoms with E-state index in [4.69, 9.17) is 14.2 Å². The molecule has 1 aromatic heterocycles. The number of hydrogen-bond acceptors (Lipinski definition) is 7. The monoisotopic (exact) mass is 313 g/mol. The smallest absolute Gasteiger partial charge is 0.358 e. The van der Waals surface area contributed by atoms with Crippen LogP contribution in [0.3, 0.4) is 0 Å². The van der Waals surface area contributed by atoms with Crippen molar-refractivity contribution in [1.82, 2.24) is 4.57 Å². The van der Waals surface area contributed by atoms with Gasteiger partial charge in [-0.15, -0.1) is 0 Å². The third-order valence-corrected chi connectivity index (χ3v) is 3.07. The van der Waals surface area contributed by atoms with Crippen LogP contribution in [0.2, 0.25) is 0 Å². The number of ketones is 1. The number of nitrogens with zero attached hydrogens (tertiary/aromatic N) is 1. The molecule has 8 heteroatoms. The third kappa shape index (κ3) is 3.52. The molecule has 122 valence electrons. The number of pyridine rings is 1. The Morgan fingerprint density at radius 3 is 2.18 bits per heavy atom. The van der Waals surface area contributed by atoms with Crippen molar-refractivity contribution in [2.75, 3.05) is 28.4 Å². The second-order valence-electron chi connectivity index (χ2n) is 4.35. The lowest BCUT2D eigenvalue weighted by molar-refractivity contribution is -0.111. The molecule has 0 aliphatic rings. The second-order valence-corrected chi connectivity index (χ2v) is 4.35. The average Bonchev–Trinajstić information content (AvgIpc) is 2.51. The molecular weight excluding hydrogens is 294 g/mol. The summed E-state index contributed by atoms with van der Waals surface area (Å²) >= 11 is 0. The Balaban J connectivity index is 3.62. The molecule has 1 rings (SSSR count). The molecule has 0 atom stereocenters. The van der Waals surface area contributed by atoms with Crippen LogP contribution >= 0.6 is 0 Å². The van der Waals surface area contributed by atoms with E-state index in [1.54, 1.807) is 0 Å². The summed E-state index contributed by atoms with van der Waals surface area (Å²) in [4.78, 5) is 35.8. The number of aromatic nitrogens is 1. The minimum atomic E-state index is -0.769. The molecule has 0 unspecified atom stereocenters. The Kier molecular flexibility index (Phi) is 6.26. The van der Waals surface area contributed by atoms with Crippen molar-refractivity contribution in [2.24, 2.45) is 0 Å². The number of carbonyl (C=O) groups is 2. The van der Waals surface area contributed by atoms with Crippen LogP contribution in [-0.4, -0.2) is 51.0 Å². The van der Waals surface area contributed by atoms with Crippen molar-refractivity contribution < 1.29 is 28.5 Å². The second kappa shape index (κ2) is 7.71. The van der Waals surface area contributed by atoms with Crippen molar-refractivity contribution in [3.05, 3.63) is 27.7 Å². The van der Waals surface area contributed by atoms with Gasteiger partial charge in [0.25, 0.3) is 0 Å². The highest BCUT2D eigenvalue weighted by molar-refractivity contribution is 5.96. The topological polar surface area (TPSA) is 93.1 Å². The maximum absolute atomic E-state index is 12.2. The zero-order valence-electron chi connectivity index (χ0n) is 13.2. The van der Waals surface area contributed by atoms with E-state index >= 15 is 0 Å². The summed E-state index contributed by atoms with van der Waals surface area (Å²) in [6, 6.07) is 0. The van der Waals surface area contributed by atoms with Gasteiger partial charge in [0.2, 0.25) is 5.43 Å². The van der Waals surface area contributed by atoms with E-state index in [1.807, 2.05) is 0 Å². The van der Waals surface area contributed by atoms with Crippen LogP contribution in [0.25, 0.3) is 0 Å². The first kappa shape index (κ1) is 17.9. The Labute approximate surface area is 127 Å². The largest absolute Gasteiger partial charge is 0.491 e. The lowest BCUT2D eigenvalue weighted by Gasteiger charge is -2.20. The van der Waals surface area contributed by atoms with Crippen molar-refractivity contribution >= 4 is 11.8 Å². The molecule has 0 aliphatic carbocycles. The molecule has 0 spiro atoms. The van der Waals surface area contributed by atoms with Gasteiger partial charge in [-0.25, -0.2) is 4.79 Å². The first-order valence-electron chi connectivity index (χ1n) is 6.37. The molecule has 0 N–H and O–H groups in total. The number of hydrogen-bond donors (Lipinski definition) is 0. The number of carbonyl (C=O) groups excluding carboxylic acids is 2. The van der Waals surface area contributed by atoms with Crippen molar-refractivity contribution in [3.63, 3.8) is 0 Å². The molecule has 1 heterocycles. The van der Waals surface area contributed by atoms with Gasteiger partial charge in [0.15, 0.2) is 23.5 Å². The van der Waals surface area contributed by atoms with Gasteiger partial charge < -0.3 is 23.5 Å². The summed E-state index contributed by atoms with van der Waals surface area (Å²) in [5, 5.41) is 0. The molecule has 0 aromatic carbocycles. The summed E-state index contributed by atoms with van der Waals surface area (Å²) in [6.07, 6.45) is 0.584. The van der Waals surface area contributed by atoms with Gasteiger partial charge in [-0.05, 0) is 6.92 Å². The van der Waals surface area contributed by atoms with Gasteiger partial charge in [0.05, 0.1) is 26.3 Å². The SMILES string of the molecule is COC(=O)c1c(OC)c(=O)c(C(C)=O)cn1CC(OC)OC. The molecule has 1 aromatic rings. The van der Waals surface area contributed by atoms with Gasteiger partial charge in [-0.3, -0.25) is 9.59 Å². The van der Waals surface area contributed by atoms with Gasteiger partial charge in [0, 0.05) is 20.4 Å². The number of esters is 1. The third-order valence-electron chi connectivity index (χ3n) is 3.07. The maximum Gasteiger partial charge on any atom is 0.358 e. The van der Waals surface area contributed by atoms with Crippen LogP contribution in [0.5, 0.6) is 5.75 Å². The van der Waals surface area contributed by atoms with E-state index in [1.165, 1.54) is 46.1 Å². The van der Waals surface area contributed by atoms with Crippen LogP contribution in [0.15, 0.2) is 11.0 Å². The number of methoxy groups -OCH3 is 4. The minimum absolute atomic E-state index is 0.0638. The van der Waals surface area contributed by atoms with Crippen LogP contribution in [0, 0.1) is 0 Å². The molecule has 0 amide bonds. The normalized spacial score (nSPS) is 10.6. The van der Waals surface area contributed by atoms with E-state index in [0.29, 0.717) is 0 Å². The summed E-state index contributed by atoms with van der Waals surface area (Å²) < 4.78 is 21.2. The molecular formula is C14H19NO7. The van der Waals surface area contributed by atoms with E-state index < -0.39 is 23.5 Å². The number of Topliss-reactive ketones (excluding diaryl/α,β-unsaturated/α-hetero) is 1. The maximum atomic E-state index is 12.2. The molecule has 8 nitrogen and oxygen atoms in total. The van der Waals surface area contributed by atoms with Crippen LogP contribution in [0.4, 0.5) is 0 Å². The first-order valence-corrected chi connectivity index (χ1v) is 6.37. The first-order chi connectivity index (χ1) is 10.4. The molecule has 0 saturated heterocycles. The lowest BCUT2D eigenvalue weighted by Crippen LogP contribution is -2.29. The van der Waals surface area contributed by atoms with Crippen LogP contribution < -0.4 is 10.2 Å². The van der Waals surface area contributed by atoms with Gasteiger partial charge in [-0.2, -0.15) is 0 Å². The summed E-state index contributed by atoms with van der Waals surface area (Å²) in [7, 11) is 5.27. The quantitative estimate of drug-likeness (QED) is 0.410.